The number of thiocarbonyl (C=S) groups is 1. The second-order valence-electron chi connectivity index (χ2n) is 4.98. The fraction of sp³-hybridized carbons (Fsp3) is 0.250. The maximum Gasteiger partial charge on any atom is 0.108 e. The van der Waals surface area contributed by atoms with Crippen LogP contribution in [0, 0.1) is 6.92 Å². The zero-order chi connectivity index (χ0) is 13.2. The van der Waals surface area contributed by atoms with E-state index >= 15 is 0 Å². The number of pyridine rings is 1. The molecule has 1 aromatic carbocycles. The summed E-state index contributed by atoms with van der Waals surface area (Å²) in [5.41, 5.74) is 4.89. The van der Waals surface area contributed by atoms with E-state index in [1.807, 2.05) is 19.1 Å². The minimum Gasteiger partial charge on any atom is -0.372 e. The van der Waals surface area contributed by atoms with Gasteiger partial charge < -0.3 is 5.32 Å². The first-order valence-electron chi connectivity index (χ1n) is 6.53. The third kappa shape index (κ3) is 2.51. The normalized spacial score (nSPS) is 14.2. The molecule has 3 rings (SSSR count). The molecular weight excluding hydrogens is 252 g/mol. The lowest BCUT2D eigenvalue weighted by Gasteiger charge is -2.15. The van der Waals surface area contributed by atoms with Gasteiger partial charge in [0.05, 0.1) is 0 Å². The Morgan fingerprint density at radius 2 is 1.84 bits per heavy atom. The monoisotopic (exact) mass is 268 g/mol. The van der Waals surface area contributed by atoms with Crippen molar-refractivity contribution in [3.63, 3.8) is 0 Å². The highest BCUT2D eigenvalue weighted by Gasteiger charge is 2.21. The first-order valence-corrected chi connectivity index (χ1v) is 6.94. The van der Waals surface area contributed by atoms with Crippen LogP contribution < -0.4 is 5.32 Å². The lowest BCUT2D eigenvalue weighted by molar-refractivity contribution is 0.649. The molecule has 1 aliphatic carbocycles. The number of aromatic nitrogens is 1. The molecule has 1 aromatic heterocycles. The van der Waals surface area contributed by atoms with E-state index < -0.39 is 0 Å². The van der Waals surface area contributed by atoms with Crippen LogP contribution in [-0.4, -0.2) is 16.0 Å². The van der Waals surface area contributed by atoms with Crippen LogP contribution in [0.3, 0.4) is 0 Å². The molecule has 0 spiro atoms. The van der Waals surface area contributed by atoms with Crippen molar-refractivity contribution >= 4 is 17.2 Å². The summed E-state index contributed by atoms with van der Waals surface area (Å²) in [6.07, 6.45) is 3.90. The van der Waals surface area contributed by atoms with Gasteiger partial charge in [0.2, 0.25) is 0 Å². The molecule has 0 atom stereocenters. The van der Waals surface area contributed by atoms with Crippen LogP contribution in [0.2, 0.25) is 0 Å². The number of benzene rings is 1. The molecule has 0 radical (unpaired) electrons. The van der Waals surface area contributed by atoms with Crippen LogP contribution in [0.25, 0.3) is 0 Å². The molecule has 1 N–H and O–H groups in total. The summed E-state index contributed by atoms with van der Waals surface area (Å²) >= 11 is 5.50. The van der Waals surface area contributed by atoms with Crippen LogP contribution in [0.15, 0.2) is 42.6 Å². The number of fused-ring (bicyclic) bond motifs is 1. The molecule has 1 heterocycles. The van der Waals surface area contributed by atoms with E-state index in [1.54, 1.807) is 6.20 Å². The van der Waals surface area contributed by atoms with Crippen molar-refractivity contribution in [3.8, 4) is 0 Å². The highest BCUT2D eigenvalue weighted by atomic mass is 32.1. The predicted molar refractivity (Wildman–Crippen MR) is 81.4 cm³/mol. The Hall–Kier alpha value is -1.74. The Morgan fingerprint density at radius 1 is 1.16 bits per heavy atom. The molecule has 2 nitrogen and oxygen atoms in total. The topological polar surface area (TPSA) is 24.9 Å². The molecule has 0 amide bonds. The first kappa shape index (κ1) is 12.3. The van der Waals surface area contributed by atoms with Gasteiger partial charge in [0.1, 0.15) is 4.99 Å². The van der Waals surface area contributed by atoms with Crippen LogP contribution in [0.4, 0.5) is 0 Å². The Bertz CT molecular complexity index is 597. The second-order valence-corrected chi connectivity index (χ2v) is 5.39. The average molecular weight is 268 g/mol. The summed E-state index contributed by atoms with van der Waals surface area (Å²) in [5, 5.41) is 3.47. The van der Waals surface area contributed by atoms with Gasteiger partial charge in [0, 0.05) is 23.5 Å². The van der Waals surface area contributed by atoms with Gasteiger partial charge >= 0.3 is 0 Å². The van der Waals surface area contributed by atoms with Gasteiger partial charge in [-0.2, -0.15) is 0 Å². The summed E-state index contributed by atoms with van der Waals surface area (Å²) in [5.74, 6) is 0. The predicted octanol–water partition coefficient (Wildman–Crippen LogP) is 2.82. The van der Waals surface area contributed by atoms with Crippen molar-refractivity contribution in [2.75, 3.05) is 0 Å². The van der Waals surface area contributed by atoms with Gasteiger partial charge in [0.25, 0.3) is 0 Å². The summed E-state index contributed by atoms with van der Waals surface area (Å²) in [4.78, 5) is 5.10. The van der Waals surface area contributed by atoms with Crippen LogP contribution >= 0.6 is 12.2 Å². The first-order chi connectivity index (χ1) is 9.24. The maximum atomic E-state index is 5.50. The Kier molecular flexibility index (Phi) is 3.30. The third-order valence-corrected chi connectivity index (χ3v) is 3.98. The Morgan fingerprint density at radius 3 is 2.47 bits per heavy atom. The number of hydrogen-bond donors (Lipinski definition) is 1. The molecule has 19 heavy (non-hydrogen) atoms. The number of nitrogens with one attached hydrogen (secondary N) is 1. The number of hydrogen-bond acceptors (Lipinski definition) is 2. The second kappa shape index (κ2) is 5.10. The van der Waals surface area contributed by atoms with Crippen LogP contribution in [0.5, 0.6) is 0 Å². The smallest absolute Gasteiger partial charge is 0.108 e. The van der Waals surface area contributed by atoms with Crippen molar-refractivity contribution < 1.29 is 0 Å². The Balaban J connectivity index is 1.71. The molecule has 0 fully saturated rings. The van der Waals surface area contributed by atoms with E-state index in [0.29, 0.717) is 6.04 Å². The molecule has 0 aliphatic heterocycles. The zero-order valence-electron chi connectivity index (χ0n) is 10.9. The number of rotatable bonds is 2. The SMILES string of the molecule is Cc1ncccc1C(=S)NC1Cc2ccccc2C1. The van der Waals surface area contributed by atoms with E-state index in [9.17, 15) is 0 Å². The molecule has 1 aliphatic rings. The molecule has 3 heteroatoms. The van der Waals surface area contributed by atoms with E-state index in [0.717, 1.165) is 29.1 Å². The summed E-state index contributed by atoms with van der Waals surface area (Å²) in [7, 11) is 0. The minimum absolute atomic E-state index is 0.407. The average Bonchev–Trinajstić information content (AvgIpc) is 2.81. The number of aryl methyl sites for hydroxylation is 1. The standard InChI is InChI=1S/C16H16N2S/c1-11-15(7-4-8-17-11)16(19)18-14-9-12-5-2-3-6-13(12)10-14/h2-8,14H,9-10H2,1H3,(H,18,19). The van der Waals surface area contributed by atoms with Gasteiger partial charge in [-0.1, -0.05) is 36.5 Å². The summed E-state index contributed by atoms with van der Waals surface area (Å²) in [6, 6.07) is 13.0. The zero-order valence-corrected chi connectivity index (χ0v) is 11.7. The molecule has 96 valence electrons. The van der Waals surface area contributed by atoms with Gasteiger partial charge in [0.15, 0.2) is 0 Å². The van der Waals surface area contributed by atoms with Crippen molar-refractivity contribution in [1.82, 2.24) is 10.3 Å². The van der Waals surface area contributed by atoms with Crippen molar-refractivity contribution in [1.29, 1.82) is 0 Å². The van der Waals surface area contributed by atoms with E-state index in [-0.39, 0.29) is 0 Å². The lowest BCUT2D eigenvalue weighted by Crippen LogP contribution is -2.35. The van der Waals surface area contributed by atoms with E-state index in [1.165, 1.54) is 11.1 Å². The molecule has 0 bridgehead atoms. The van der Waals surface area contributed by atoms with E-state index in [4.69, 9.17) is 12.2 Å². The molecule has 0 saturated heterocycles. The van der Waals surface area contributed by atoms with E-state index in [2.05, 4.69) is 34.6 Å². The van der Waals surface area contributed by atoms with Gasteiger partial charge in [-0.25, -0.2) is 0 Å². The van der Waals surface area contributed by atoms with Crippen LogP contribution in [-0.2, 0) is 12.8 Å². The maximum absolute atomic E-state index is 5.50. The van der Waals surface area contributed by atoms with Crippen LogP contribution in [0.1, 0.15) is 22.4 Å². The van der Waals surface area contributed by atoms with Crippen molar-refractivity contribution in [3.05, 3.63) is 65.0 Å². The van der Waals surface area contributed by atoms with Gasteiger partial charge in [-0.3, -0.25) is 4.98 Å². The highest BCUT2D eigenvalue weighted by molar-refractivity contribution is 7.80. The fourth-order valence-corrected chi connectivity index (χ4v) is 3.03. The highest BCUT2D eigenvalue weighted by Crippen LogP contribution is 2.22. The number of nitrogens with zero attached hydrogens (tertiary/aromatic N) is 1. The van der Waals surface area contributed by atoms with Crippen molar-refractivity contribution in [2.45, 2.75) is 25.8 Å². The fourth-order valence-electron chi connectivity index (χ4n) is 2.65. The minimum atomic E-state index is 0.407. The van der Waals surface area contributed by atoms with Crippen molar-refractivity contribution in [2.24, 2.45) is 0 Å². The molecular formula is C16H16N2S. The Labute approximate surface area is 118 Å². The third-order valence-electron chi connectivity index (χ3n) is 3.64. The largest absolute Gasteiger partial charge is 0.372 e. The molecule has 0 saturated carbocycles. The quantitative estimate of drug-likeness (QED) is 0.848. The summed E-state index contributed by atoms with van der Waals surface area (Å²) in [6.45, 7) is 1.99. The summed E-state index contributed by atoms with van der Waals surface area (Å²) < 4.78 is 0. The lowest BCUT2D eigenvalue weighted by atomic mass is 10.1. The molecule has 0 unspecified atom stereocenters. The molecule has 2 aromatic rings. The van der Waals surface area contributed by atoms with Gasteiger partial charge in [-0.15, -0.1) is 0 Å². The van der Waals surface area contributed by atoms with Gasteiger partial charge in [-0.05, 0) is 43.0 Å².